The highest BCUT2D eigenvalue weighted by atomic mass is 16.5. The fourth-order valence-electron chi connectivity index (χ4n) is 4.29. The smallest absolute Gasteiger partial charge is 0.326 e. The first-order chi connectivity index (χ1) is 13.5. The predicted molar refractivity (Wildman–Crippen MR) is 98.1 cm³/mol. The first-order valence-corrected chi connectivity index (χ1v) is 10.1. The average molecular weight is 395 g/mol. The minimum atomic E-state index is -0.751. The van der Waals surface area contributed by atoms with Gasteiger partial charge in [0, 0.05) is 38.0 Å². The maximum atomic E-state index is 12.2. The third-order valence-electron chi connectivity index (χ3n) is 5.89. The van der Waals surface area contributed by atoms with E-state index in [0.717, 1.165) is 43.7 Å². The zero-order chi connectivity index (χ0) is 20.0. The molecule has 9 heteroatoms. The van der Waals surface area contributed by atoms with E-state index in [-0.39, 0.29) is 36.1 Å². The van der Waals surface area contributed by atoms with Crippen molar-refractivity contribution in [2.45, 2.75) is 50.5 Å². The largest absolute Gasteiger partial charge is 0.454 e. The van der Waals surface area contributed by atoms with Gasteiger partial charge in [0.1, 0.15) is 6.54 Å². The van der Waals surface area contributed by atoms with E-state index >= 15 is 0 Å². The third-order valence-corrected chi connectivity index (χ3v) is 5.89. The summed E-state index contributed by atoms with van der Waals surface area (Å²) in [5, 5.41) is 2.91. The molecule has 0 unspecified atom stereocenters. The molecule has 0 spiro atoms. The molecule has 0 aromatic carbocycles. The second kappa shape index (κ2) is 9.47. The van der Waals surface area contributed by atoms with Crippen LogP contribution >= 0.6 is 0 Å². The van der Waals surface area contributed by atoms with Gasteiger partial charge in [-0.2, -0.15) is 0 Å². The number of hydrogen-bond acceptors (Lipinski definition) is 7. The summed E-state index contributed by atoms with van der Waals surface area (Å²) >= 11 is 0. The summed E-state index contributed by atoms with van der Waals surface area (Å²) in [6, 6.07) is 0. The first kappa shape index (κ1) is 20.7. The van der Waals surface area contributed by atoms with E-state index in [1.54, 1.807) is 0 Å². The number of nitrogens with one attached hydrogen (secondary N) is 1. The highest BCUT2D eigenvalue weighted by Crippen LogP contribution is 2.33. The quantitative estimate of drug-likeness (QED) is 0.471. The topological polar surface area (TPSA) is 105 Å². The maximum absolute atomic E-state index is 12.2. The molecule has 1 saturated carbocycles. The fourth-order valence-corrected chi connectivity index (χ4v) is 4.29. The van der Waals surface area contributed by atoms with Crippen molar-refractivity contribution in [1.29, 1.82) is 0 Å². The monoisotopic (exact) mass is 395 g/mol. The van der Waals surface area contributed by atoms with Crippen LogP contribution in [0.1, 0.15) is 44.9 Å². The minimum absolute atomic E-state index is 0.0594. The summed E-state index contributed by atoms with van der Waals surface area (Å²) in [7, 11) is 0. The second-order valence-corrected chi connectivity index (χ2v) is 7.70. The Kier molecular flexibility index (Phi) is 7.01. The fraction of sp³-hybridized carbons (Fsp3) is 0.789. The highest BCUT2D eigenvalue weighted by molar-refractivity contribution is 6.04. The molecular formula is C19H29N3O6. The molecule has 1 aliphatic carbocycles. The molecule has 156 valence electrons. The Bertz CT molecular complexity index is 595. The van der Waals surface area contributed by atoms with Crippen LogP contribution < -0.4 is 5.32 Å². The van der Waals surface area contributed by atoms with Gasteiger partial charge in [-0.05, 0) is 12.8 Å². The van der Waals surface area contributed by atoms with Gasteiger partial charge in [-0.1, -0.05) is 19.3 Å². The Labute approximate surface area is 164 Å². The van der Waals surface area contributed by atoms with Crippen molar-refractivity contribution in [3.05, 3.63) is 0 Å². The number of carbonyl (C=O) groups excluding carboxylic acids is 4. The van der Waals surface area contributed by atoms with Crippen molar-refractivity contribution in [2.75, 3.05) is 46.0 Å². The Balaban J connectivity index is 1.44. The van der Waals surface area contributed by atoms with Gasteiger partial charge in [-0.25, -0.2) is 0 Å². The lowest BCUT2D eigenvalue weighted by Crippen LogP contribution is -2.59. The molecule has 2 saturated heterocycles. The van der Waals surface area contributed by atoms with Crippen LogP contribution in [0.4, 0.5) is 0 Å². The number of ether oxygens (including phenoxy) is 2. The number of esters is 1. The number of carbonyl (C=O) groups is 4. The van der Waals surface area contributed by atoms with Gasteiger partial charge >= 0.3 is 5.97 Å². The molecule has 3 amide bonds. The summed E-state index contributed by atoms with van der Waals surface area (Å²) in [5.41, 5.74) is -0.0594. The van der Waals surface area contributed by atoms with Crippen molar-refractivity contribution in [2.24, 2.45) is 0 Å². The van der Waals surface area contributed by atoms with E-state index in [1.807, 2.05) is 0 Å². The van der Waals surface area contributed by atoms with Gasteiger partial charge < -0.3 is 14.8 Å². The van der Waals surface area contributed by atoms with E-state index in [0.29, 0.717) is 19.8 Å². The minimum Gasteiger partial charge on any atom is -0.454 e. The lowest BCUT2D eigenvalue weighted by Gasteiger charge is -2.48. The molecule has 0 radical (unpaired) electrons. The number of nitrogens with zero attached hydrogens (tertiary/aromatic N) is 2. The van der Waals surface area contributed by atoms with Gasteiger partial charge in [0.05, 0.1) is 13.2 Å². The number of hydrogen-bond donors (Lipinski definition) is 1. The van der Waals surface area contributed by atoms with Gasteiger partial charge in [-0.3, -0.25) is 29.0 Å². The molecule has 9 nitrogen and oxygen atoms in total. The van der Waals surface area contributed by atoms with Crippen LogP contribution in [-0.4, -0.2) is 85.0 Å². The van der Waals surface area contributed by atoms with Crippen LogP contribution in [0.2, 0.25) is 0 Å². The molecule has 3 fully saturated rings. The predicted octanol–water partition coefficient (Wildman–Crippen LogP) is -0.170. The summed E-state index contributed by atoms with van der Waals surface area (Å²) in [6.45, 7) is 2.83. The van der Waals surface area contributed by atoms with Crippen LogP contribution in [-0.2, 0) is 28.7 Å². The average Bonchev–Trinajstić information content (AvgIpc) is 3.04. The maximum Gasteiger partial charge on any atom is 0.326 e. The lowest BCUT2D eigenvalue weighted by molar-refractivity contribution is -0.154. The summed E-state index contributed by atoms with van der Waals surface area (Å²) in [4.78, 5) is 50.4. The van der Waals surface area contributed by atoms with E-state index in [4.69, 9.17) is 9.47 Å². The lowest BCUT2D eigenvalue weighted by atomic mass is 9.79. The molecule has 0 bridgehead atoms. The molecule has 28 heavy (non-hydrogen) atoms. The SMILES string of the molecule is O=C(COC(=O)CN1C(=O)CCC1=O)NCC1(N2CCOCC2)CCCCC1. The summed E-state index contributed by atoms with van der Waals surface area (Å²) in [5.74, 6) is -1.88. The standard InChI is InChI=1S/C19H29N3O6/c23-15(13-28-18(26)12-22-16(24)4-5-17(22)25)20-14-19(6-2-1-3-7-19)21-8-10-27-11-9-21/h1-14H2,(H,20,23). The molecule has 0 atom stereocenters. The van der Waals surface area contributed by atoms with Gasteiger partial charge in [0.25, 0.3) is 5.91 Å². The van der Waals surface area contributed by atoms with Crippen molar-refractivity contribution in [1.82, 2.24) is 15.1 Å². The number of morpholine rings is 1. The first-order valence-electron chi connectivity index (χ1n) is 10.1. The van der Waals surface area contributed by atoms with Gasteiger partial charge in [0.15, 0.2) is 6.61 Å². The van der Waals surface area contributed by atoms with Crippen LogP contribution in [0.25, 0.3) is 0 Å². The van der Waals surface area contributed by atoms with Crippen molar-refractivity contribution < 1.29 is 28.7 Å². The number of imide groups is 1. The molecule has 3 aliphatic rings. The van der Waals surface area contributed by atoms with Crippen LogP contribution in [0.5, 0.6) is 0 Å². The molecule has 3 rings (SSSR count). The zero-order valence-corrected chi connectivity index (χ0v) is 16.2. The highest BCUT2D eigenvalue weighted by Gasteiger charge is 2.39. The Hall–Kier alpha value is -2.00. The normalized spacial score (nSPS) is 22.9. The molecule has 2 heterocycles. The van der Waals surface area contributed by atoms with Crippen LogP contribution in [0.3, 0.4) is 0 Å². The molecule has 0 aromatic heterocycles. The molecule has 0 aromatic rings. The Morgan fingerprint density at radius 2 is 1.68 bits per heavy atom. The molecule has 2 aliphatic heterocycles. The third kappa shape index (κ3) is 5.08. The number of amides is 3. The zero-order valence-electron chi connectivity index (χ0n) is 16.2. The van der Waals surface area contributed by atoms with Crippen molar-refractivity contribution in [3.63, 3.8) is 0 Å². The summed E-state index contributed by atoms with van der Waals surface area (Å²) < 4.78 is 10.4. The van der Waals surface area contributed by atoms with E-state index in [1.165, 1.54) is 6.42 Å². The molecular weight excluding hydrogens is 366 g/mol. The number of rotatable bonds is 7. The van der Waals surface area contributed by atoms with Crippen LogP contribution in [0, 0.1) is 0 Å². The molecule has 1 N–H and O–H groups in total. The van der Waals surface area contributed by atoms with Crippen molar-refractivity contribution >= 4 is 23.7 Å². The van der Waals surface area contributed by atoms with Crippen LogP contribution in [0.15, 0.2) is 0 Å². The van der Waals surface area contributed by atoms with Gasteiger partial charge in [0.2, 0.25) is 11.8 Å². The van der Waals surface area contributed by atoms with Gasteiger partial charge in [-0.15, -0.1) is 0 Å². The van der Waals surface area contributed by atoms with Crippen molar-refractivity contribution in [3.8, 4) is 0 Å². The van der Waals surface area contributed by atoms with E-state index in [2.05, 4.69) is 10.2 Å². The summed E-state index contributed by atoms with van der Waals surface area (Å²) in [6.07, 6.45) is 5.80. The number of likely N-dealkylation sites (tertiary alicyclic amines) is 1. The van der Waals surface area contributed by atoms with E-state index in [9.17, 15) is 19.2 Å². The van der Waals surface area contributed by atoms with E-state index < -0.39 is 19.1 Å². The Morgan fingerprint density at radius 1 is 1.04 bits per heavy atom. The second-order valence-electron chi connectivity index (χ2n) is 7.70. The Morgan fingerprint density at radius 3 is 2.32 bits per heavy atom.